The lowest BCUT2D eigenvalue weighted by atomic mass is 10.4. The predicted molar refractivity (Wildman–Crippen MR) is 65.8 cm³/mol. The fourth-order valence-electron chi connectivity index (χ4n) is 1.32. The molecule has 0 radical (unpaired) electrons. The van der Waals surface area contributed by atoms with Crippen LogP contribution in [0.1, 0.15) is 13.3 Å². The third-order valence-electron chi connectivity index (χ3n) is 2.18. The van der Waals surface area contributed by atoms with E-state index >= 15 is 0 Å². The van der Waals surface area contributed by atoms with Crippen molar-refractivity contribution in [2.45, 2.75) is 13.3 Å². The molecule has 1 amide bonds. The quantitative estimate of drug-likeness (QED) is 0.631. The van der Waals surface area contributed by atoms with Gasteiger partial charge in [-0.15, -0.1) is 0 Å². The summed E-state index contributed by atoms with van der Waals surface area (Å²) in [6, 6.07) is 0. The Morgan fingerprint density at radius 3 is 3.00 bits per heavy atom. The molecule has 4 N–H and O–H groups in total. The molecule has 0 aliphatic carbocycles. The number of aromatic amines is 1. The van der Waals surface area contributed by atoms with Gasteiger partial charge in [-0.2, -0.15) is 0 Å². The van der Waals surface area contributed by atoms with E-state index in [1.165, 1.54) is 11.2 Å². The molecule has 0 aliphatic heterocycles. The Morgan fingerprint density at radius 1 is 1.65 bits per heavy atom. The van der Waals surface area contributed by atoms with Crippen molar-refractivity contribution in [2.75, 3.05) is 30.8 Å². The molecular formula is C10H17N5O2. The van der Waals surface area contributed by atoms with Gasteiger partial charge in [0.15, 0.2) is 5.82 Å². The van der Waals surface area contributed by atoms with Crippen LogP contribution < -0.4 is 21.5 Å². The van der Waals surface area contributed by atoms with Crippen LogP contribution >= 0.6 is 0 Å². The van der Waals surface area contributed by atoms with E-state index in [1.807, 2.05) is 6.92 Å². The van der Waals surface area contributed by atoms with Crippen molar-refractivity contribution < 1.29 is 4.79 Å². The summed E-state index contributed by atoms with van der Waals surface area (Å²) in [5.74, 6) is 0.177. The molecular weight excluding hydrogens is 222 g/mol. The van der Waals surface area contributed by atoms with Crippen molar-refractivity contribution in [3.63, 3.8) is 0 Å². The number of aromatic nitrogens is 2. The maximum absolute atomic E-state index is 11.5. The van der Waals surface area contributed by atoms with Gasteiger partial charge in [-0.25, -0.2) is 4.98 Å². The number of rotatable bonds is 5. The molecule has 0 unspecified atom stereocenters. The van der Waals surface area contributed by atoms with Crippen molar-refractivity contribution in [3.8, 4) is 0 Å². The minimum atomic E-state index is -0.407. The first-order valence-electron chi connectivity index (χ1n) is 5.37. The molecule has 1 heterocycles. The monoisotopic (exact) mass is 239 g/mol. The number of nitrogens with zero attached hydrogens (tertiary/aromatic N) is 2. The molecule has 0 spiro atoms. The van der Waals surface area contributed by atoms with Crippen LogP contribution in [0.5, 0.6) is 0 Å². The van der Waals surface area contributed by atoms with Gasteiger partial charge < -0.3 is 20.9 Å². The highest BCUT2D eigenvalue weighted by atomic mass is 16.2. The average molecular weight is 239 g/mol. The number of hydrogen-bond donors (Lipinski definition) is 3. The van der Waals surface area contributed by atoms with Crippen molar-refractivity contribution in [1.82, 2.24) is 15.3 Å². The Morgan fingerprint density at radius 2 is 2.35 bits per heavy atom. The van der Waals surface area contributed by atoms with E-state index in [0.29, 0.717) is 12.4 Å². The minimum Gasteiger partial charge on any atom is -0.391 e. The number of carbonyl (C=O) groups excluding carboxylic acids is 1. The van der Waals surface area contributed by atoms with Gasteiger partial charge in [0.2, 0.25) is 5.91 Å². The molecule has 1 aromatic rings. The van der Waals surface area contributed by atoms with Gasteiger partial charge in [0.05, 0.1) is 12.9 Å². The summed E-state index contributed by atoms with van der Waals surface area (Å²) in [5.41, 5.74) is 5.19. The number of amides is 1. The molecule has 17 heavy (non-hydrogen) atoms. The Labute approximate surface area is 99.0 Å². The summed E-state index contributed by atoms with van der Waals surface area (Å²) >= 11 is 0. The van der Waals surface area contributed by atoms with E-state index < -0.39 is 5.56 Å². The Bertz CT molecular complexity index is 443. The van der Waals surface area contributed by atoms with E-state index in [9.17, 15) is 9.59 Å². The van der Waals surface area contributed by atoms with Crippen molar-refractivity contribution >= 4 is 17.4 Å². The fraction of sp³-hybridized carbons (Fsp3) is 0.500. The predicted octanol–water partition coefficient (Wildman–Crippen LogP) is -0.685. The number of nitrogens with two attached hydrogens (primary N) is 1. The second-order valence-corrected chi connectivity index (χ2v) is 3.67. The Balaban J connectivity index is 2.70. The minimum absolute atomic E-state index is 0.0123. The zero-order valence-electron chi connectivity index (χ0n) is 9.99. The number of nitrogen functional groups attached to an aromatic ring is 1. The highest BCUT2D eigenvalue weighted by molar-refractivity contribution is 5.81. The van der Waals surface area contributed by atoms with E-state index in [4.69, 9.17) is 5.73 Å². The first kappa shape index (κ1) is 13.0. The summed E-state index contributed by atoms with van der Waals surface area (Å²) in [7, 11) is 1.66. The number of likely N-dealkylation sites (N-methyl/N-ethyl adjacent to an activating group) is 1. The summed E-state index contributed by atoms with van der Waals surface area (Å²) < 4.78 is 0. The smallest absolute Gasteiger partial charge is 0.276 e. The molecule has 0 fully saturated rings. The summed E-state index contributed by atoms with van der Waals surface area (Å²) in [5, 5.41) is 2.73. The van der Waals surface area contributed by atoms with Crippen LogP contribution in [-0.2, 0) is 4.79 Å². The van der Waals surface area contributed by atoms with Crippen LogP contribution in [0.3, 0.4) is 0 Å². The molecule has 0 aliphatic rings. The zero-order chi connectivity index (χ0) is 12.8. The molecule has 1 aromatic heterocycles. The van der Waals surface area contributed by atoms with Crippen LogP contribution in [0.15, 0.2) is 11.1 Å². The number of H-pyrrole nitrogens is 1. The normalized spacial score (nSPS) is 10.0. The van der Waals surface area contributed by atoms with Crippen molar-refractivity contribution in [2.24, 2.45) is 0 Å². The van der Waals surface area contributed by atoms with Crippen LogP contribution in [-0.4, -0.2) is 36.0 Å². The van der Waals surface area contributed by atoms with Gasteiger partial charge in [-0.3, -0.25) is 9.59 Å². The maximum atomic E-state index is 11.5. The van der Waals surface area contributed by atoms with Gasteiger partial charge in [-0.05, 0) is 6.42 Å². The lowest BCUT2D eigenvalue weighted by molar-refractivity contribution is -0.119. The van der Waals surface area contributed by atoms with Crippen LogP contribution in [0.4, 0.5) is 11.5 Å². The lowest BCUT2D eigenvalue weighted by Crippen LogP contribution is -2.36. The fourth-order valence-corrected chi connectivity index (χ4v) is 1.32. The second-order valence-electron chi connectivity index (χ2n) is 3.67. The third-order valence-corrected chi connectivity index (χ3v) is 2.18. The van der Waals surface area contributed by atoms with Crippen molar-refractivity contribution in [1.29, 1.82) is 0 Å². The number of anilines is 2. The van der Waals surface area contributed by atoms with E-state index in [0.717, 1.165) is 6.42 Å². The second kappa shape index (κ2) is 5.88. The number of hydrogen-bond acceptors (Lipinski definition) is 5. The van der Waals surface area contributed by atoms with Crippen molar-refractivity contribution in [3.05, 3.63) is 16.7 Å². The molecule has 1 rings (SSSR count). The molecule has 0 saturated heterocycles. The highest BCUT2D eigenvalue weighted by Crippen LogP contribution is 2.11. The van der Waals surface area contributed by atoms with Crippen LogP contribution in [0.2, 0.25) is 0 Å². The molecule has 0 bridgehead atoms. The molecule has 94 valence electrons. The van der Waals surface area contributed by atoms with Gasteiger partial charge in [-0.1, -0.05) is 6.92 Å². The Hall–Kier alpha value is -2.05. The molecule has 0 aromatic carbocycles. The van der Waals surface area contributed by atoms with E-state index in [2.05, 4.69) is 15.3 Å². The first-order valence-corrected chi connectivity index (χ1v) is 5.37. The summed E-state index contributed by atoms with van der Waals surface area (Å²) in [6.45, 7) is 2.71. The first-order chi connectivity index (χ1) is 8.06. The molecule has 7 heteroatoms. The maximum Gasteiger partial charge on any atom is 0.276 e. The number of carbonyl (C=O) groups is 1. The molecule has 0 saturated carbocycles. The SMILES string of the molecule is CCCNC(=O)CN(C)c1nc[nH]c(=O)c1N. The van der Waals surface area contributed by atoms with Gasteiger partial charge in [0, 0.05) is 13.6 Å². The van der Waals surface area contributed by atoms with E-state index in [-0.39, 0.29) is 18.1 Å². The molecule has 0 atom stereocenters. The Kier molecular flexibility index (Phi) is 4.50. The number of nitrogens with one attached hydrogen (secondary N) is 2. The summed E-state index contributed by atoms with van der Waals surface area (Å²) in [6.07, 6.45) is 2.13. The van der Waals surface area contributed by atoms with Gasteiger partial charge in [0.1, 0.15) is 5.69 Å². The lowest BCUT2D eigenvalue weighted by Gasteiger charge is -2.18. The largest absolute Gasteiger partial charge is 0.391 e. The van der Waals surface area contributed by atoms with Gasteiger partial charge in [0.25, 0.3) is 5.56 Å². The highest BCUT2D eigenvalue weighted by Gasteiger charge is 2.12. The van der Waals surface area contributed by atoms with E-state index in [1.54, 1.807) is 7.05 Å². The van der Waals surface area contributed by atoms with Gasteiger partial charge >= 0.3 is 0 Å². The standard InChI is InChI=1S/C10H17N5O2/c1-3-4-12-7(16)5-15(2)9-8(11)10(17)14-6-13-9/h6H,3-5,11H2,1-2H3,(H,12,16)(H,13,14,17). The third kappa shape index (κ3) is 3.47. The summed E-state index contributed by atoms with van der Waals surface area (Å²) in [4.78, 5) is 30.6. The van der Waals surface area contributed by atoms with Crippen LogP contribution in [0, 0.1) is 0 Å². The van der Waals surface area contributed by atoms with Crippen LogP contribution in [0.25, 0.3) is 0 Å². The average Bonchev–Trinajstić information content (AvgIpc) is 2.29. The zero-order valence-corrected chi connectivity index (χ0v) is 9.99. The topological polar surface area (TPSA) is 104 Å². The molecule has 7 nitrogen and oxygen atoms in total.